The Morgan fingerprint density at radius 2 is 1.68 bits per heavy atom. The fourth-order valence-corrected chi connectivity index (χ4v) is 4.40. The van der Waals surface area contributed by atoms with Crippen molar-refractivity contribution in [1.29, 1.82) is 0 Å². The number of carbonyl (C=O) groups excluding carboxylic acids is 2. The third kappa shape index (κ3) is 5.83. The van der Waals surface area contributed by atoms with E-state index in [1.807, 2.05) is 26.0 Å². The van der Waals surface area contributed by atoms with Gasteiger partial charge in [0.2, 0.25) is 10.0 Å². The summed E-state index contributed by atoms with van der Waals surface area (Å²) in [5, 5.41) is 0. The summed E-state index contributed by atoms with van der Waals surface area (Å²) >= 11 is 0. The van der Waals surface area contributed by atoms with Gasteiger partial charge in [-0.2, -0.15) is 4.31 Å². The van der Waals surface area contributed by atoms with Crippen LogP contribution >= 0.6 is 0 Å². The largest absolute Gasteiger partial charge is 0.481 e. The van der Waals surface area contributed by atoms with E-state index in [1.165, 1.54) is 28.6 Å². The third-order valence-corrected chi connectivity index (χ3v) is 7.01. The maximum Gasteiger partial charge on any atom is 0.279 e. The molecule has 8 nitrogen and oxygen atoms in total. The second kappa shape index (κ2) is 10.4. The van der Waals surface area contributed by atoms with Gasteiger partial charge >= 0.3 is 0 Å². The Morgan fingerprint density at radius 1 is 1.03 bits per heavy atom. The second-order valence-electron chi connectivity index (χ2n) is 7.02. The van der Waals surface area contributed by atoms with Gasteiger partial charge in [-0.05, 0) is 56.2 Å². The van der Waals surface area contributed by atoms with Crippen LogP contribution in [0.15, 0.2) is 47.4 Å². The molecule has 2 N–H and O–H groups in total. The number of benzene rings is 2. The lowest BCUT2D eigenvalue weighted by molar-refractivity contribution is -0.128. The fourth-order valence-electron chi connectivity index (χ4n) is 2.90. The first-order valence-electron chi connectivity index (χ1n) is 10.0. The maximum atomic E-state index is 12.7. The molecule has 0 aromatic heterocycles. The molecule has 2 aromatic rings. The van der Waals surface area contributed by atoms with E-state index in [4.69, 9.17) is 4.74 Å². The van der Waals surface area contributed by atoms with Crippen molar-refractivity contribution in [2.45, 2.75) is 45.6 Å². The minimum absolute atomic E-state index is 0.0156. The minimum Gasteiger partial charge on any atom is -0.481 e. The molecule has 0 aliphatic carbocycles. The first-order valence-corrected chi connectivity index (χ1v) is 11.5. The zero-order chi connectivity index (χ0) is 23.2. The summed E-state index contributed by atoms with van der Waals surface area (Å²) in [4.78, 5) is 24.8. The topological polar surface area (TPSA) is 105 Å². The number of sulfonamides is 1. The van der Waals surface area contributed by atoms with Crippen LogP contribution in [0.3, 0.4) is 0 Å². The van der Waals surface area contributed by atoms with E-state index in [1.54, 1.807) is 26.8 Å². The van der Waals surface area contributed by atoms with Crippen LogP contribution in [0, 0.1) is 13.8 Å². The molecule has 0 fully saturated rings. The Bertz CT molecular complexity index is 1050. The lowest BCUT2D eigenvalue weighted by Gasteiger charge is -2.19. The summed E-state index contributed by atoms with van der Waals surface area (Å²) < 4.78 is 32.3. The fraction of sp³-hybridized carbons (Fsp3) is 0.364. The van der Waals surface area contributed by atoms with E-state index in [-0.39, 0.29) is 10.5 Å². The van der Waals surface area contributed by atoms with Crippen molar-refractivity contribution in [3.63, 3.8) is 0 Å². The molecule has 0 heterocycles. The third-order valence-electron chi connectivity index (χ3n) is 4.97. The molecule has 2 amide bonds. The van der Waals surface area contributed by atoms with Crippen molar-refractivity contribution >= 4 is 21.8 Å². The van der Waals surface area contributed by atoms with Crippen LogP contribution in [0.25, 0.3) is 0 Å². The van der Waals surface area contributed by atoms with E-state index in [0.717, 1.165) is 11.1 Å². The van der Waals surface area contributed by atoms with Crippen LogP contribution in [0.5, 0.6) is 5.75 Å². The van der Waals surface area contributed by atoms with Crippen LogP contribution in [0.2, 0.25) is 0 Å². The van der Waals surface area contributed by atoms with Gasteiger partial charge < -0.3 is 4.74 Å². The Morgan fingerprint density at radius 3 is 2.32 bits per heavy atom. The van der Waals surface area contributed by atoms with E-state index in [9.17, 15) is 18.0 Å². The number of rotatable bonds is 8. The number of nitrogens with zero attached hydrogens (tertiary/aromatic N) is 1. The van der Waals surface area contributed by atoms with Crippen molar-refractivity contribution < 1.29 is 22.7 Å². The molecular formula is C22H29N3O5S. The van der Waals surface area contributed by atoms with Crippen LogP contribution in [-0.4, -0.2) is 43.7 Å². The van der Waals surface area contributed by atoms with Crippen molar-refractivity contribution in [1.82, 2.24) is 15.2 Å². The van der Waals surface area contributed by atoms with Crippen LogP contribution in [-0.2, 0) is 14.8 Å². The molecule has 31 heavy (non-hydrogen) atoms. The average molecular weight is 448 g/mol. The number of hydrogen-bond donors (Lipinski definition) is 2. The zero-order valence-electron chi connectivity index (χ0n) is 18.4. The summed E-state index contributed by atoms with van der Waals surface area (Å²) in [6, 6.07) is 11.2. The number of hydrazine groups is 1. The predicted molar refractivity (Wildman–Crippen MR) is 118 cm³/mol. The van der Waals surface area contributed by atoms with Gasteiger partial charge in [0, 0.05) is 18.7 Å². The van der Waals surface area contributed by atoms with Gasteiger partial charge in [0.1, 0.15) is 5.75 Å². The van der Waals surface area contributed by atoms with Crippen molar-refractivity contribution in [2.75, 3.05) is 13.1 Å². The van der Waals surface area contributed by atoms with Gasteiger partial charge in [-0.1, -0.05) is 32.0 Å². The maximum absolute atomic E-state index is 12.7. The van der Waals surface area contributed by atoms with Crippen LogP contribution in [0.4, 0.5) is 0 Å². The van der Waals surface area contributed by atoms with Gasteiger partial charge in [-0.25, -0.2) is 8.42 Å². The Hall–Kier alpha value is -2.91. The van der Waals surface area contributed by atoms with Gasteiger partial charge in [-0.15, -0.1) is 0 Å². The Kier molecular flexibility index (Phi) is 8.18. The molecule has 1 atom stereocenters. The number of carbonyl (C=O) groups is 2. The van der Waals surface area contributed by atoms with Crippen LogP contribution < -0.4 is 15.6 Å². The normalized spacial score (nSPS) is 12.3. The monoisotopic (exact) mass is 447 g/mol. The Labute approximate surface area is 183 Å². The molecule has 0 bridgehead atoms. The molecule has 2 rings (SSSR count). The molecule has 0 saturated carbocycles. The molecule has 0 aliphatic rings. The summed E-state index contributed by atoms with van der Waals surface area (Å²) in [5.41, 5.74) is 6.69. The number of hydrogen-bond acceptors (Lipinski definition) is 5. The summed E-state index contributed by atoms with van der Waals surface area (Å²) in [6.07, 6.45) is -0.852. The molecule has 0 radical (unpaired) electrons. The molecule has 9 heteroatoms. The number of amides is 2. The van der Waals surface area contributed by atoms with Crippen LogP contribution in [0.1, 0.15) is 42.3 Å². The highest BCUT2D eigenvalue weighted by Crippen LogP contribution is 2.21. The quantitative estimate of drug-likeness (QED) is 0.605. The highest BCUT2D eigenvalue weighted by Gasteiger charge is 2.23. The molecular weight excluding hydrogens is 418 g/mol. The van der Waals surface area contributed by atoms with Crippen molar-refractivity contribution in [3.05, 3.63) is 59.2 Å². The molecule has 1 unspecified atom stereocenters. The average Bonchev–Trinajstić information content (AvgIpc) is 2.75. The van der Waals surface area contributed by atoms with E-state index >= 15 is 0 Å². The van der Waals surface area contributed by atoms with Gasteiger partial charge in [-0.3, -0.25) is 20.4 Å². The van der Waals surface area contributed by atoms with Gasteiger partial charge in [0.15, 0.2) is 6.10 Å². The highest BCUT2D eigenvalue weighted by atomic mass is 32.2. The van der Waals surface area contributed by atoms with Gasteiger partial charge in [0.25, 0.3) is 11.8 Å². The predicted octanol–water partition coefficient (Wildman–Crippen LogP) is 2.56. The first kappa shape index (κ1) is 24.4. The van der Waals surface area contributed by atoms with Crippen molar-refractivity contribution in [3.8, 4) is 5.75 Å². The first-order chi connectivity index (χ1) is 14.6. The number of ether oxygens (including phenoxy) is 1. The lowest BCUT2D eigenvalue weighted by Crippen LogP contribution is -2.47. The summed E-state index contributed by atoms with van der Waals surface area (Å²) in [7, 11) is -3.70. The molecule has 0 aliphatic heterocycles. The van der Waals surface area contributed by atoms with Crippen molar-refractivity contribution in [2.24, 2.45) is 0 Å². The van der Waals surface area contributed by atoms with E-state index < -0.39 is 27.9 Å². The number of aryl methyl sites for hydroxylation is 1. The van der Waals surface area contributed by atoms with E-state index in [0.29, 0.717) is 18.8 Å². The highest BCUT2D eigenvalue weighted by molar-refractivity contribution is 7.89. The molecule has 0 spiro atoms. The zero-order valence-corrected chi connectivity index (χ0v) is 19.2. The number of nitrogens with one attached hydrogen (secondary N) is 2. The molecule has 168 valence electrons. The second-order valence-corrected chi connectivity index (χ2v) is 8.96. The van der Waals surface area contributed by atoms with Gasteiger partial charge in [0.05, 0.1) is 4.90 Å². The molecule has 0 saturated heterocycles. The standard InChI is InChI=1S/C22H29N3O5S/c1-6-25(7-2)31(28,29)19-12-9-11-18(14-19)22(27)24-23-21(26)17(5)30-20-13-8-10-15(3)16(20)4/h8-14,17H,6-7H2,1-5H3,(H,23,26)(H,24,27). The smallest absolute Gasteiger partial charge is 0.279 e. The van der Waals surface area contributed by atoms with E-state index in [2.05, 4.69) is 10.9 Å². The summed E-state index contributed by atoms with van der Waals surface area (Å²) in [6.45, 7) is 9.55. The Balaban J connectivity index is 2.04. The summed E-state index contributed by atoms with van der Waals surface area (Å²) in [5.74, 6) is -0.589. The lowest BCUT2D eigenvalue weighted by atomic mass is 10.1. The molecule has 2 aromatic carbocycles. The SMILES string of the molecule is CCN(CC)S(=O)(=O)c1cccc(C(=O)NNC(=O)C(C)Oc2cccc(C)c2C)c1. The minimum atomic E-state index is -3.70.